The number of aryl methyl sites for hydroxylation is 1. The molecule has 1 aromatic rings. The maximum absolute atomic E-state index is 13.3. The number of hydrogen-bond acceptors (Lipinski definition) is 7. The van der Waals surface area contributed by atoms with E-state index < -0.39 is 18.1 Å². The highest BCUT2D eigenvalue weighted by atomic mass is 19.3. The lowest BCUT2D eigenvalue weighted by atomic mass is 9.87. The molecule has 3 amide bonds. The molecule has 10 nitrogen and oxygen atoms in total. The van der Waals surface area contributed by atoms with Crippen LogP contribution in [0.15, 0.2) is 0 Å². The second-order valence-electron chi connectivity index (χ2n) is 10.3. The molecule has 2 saturated carbocycles. The van der Waals surface area contributed by atoms with Gasteiger partial charge in [-0.05, 0) is 45.4 Å². The Morgan fingerprint density at radius 3 is 2.51 bits per heavy atom. The van der Waals surface area contributed by atoms with Crippen molar-refractivity contribution in [3.63, 3.8) is 0 Å². The first-order valence-corrected chi connectivity index (χ1v) is 12.5. The van der Waals surface area contributed by atoms with Gasteiger partial charge in [0.2, 0.25) is 11.9 Å². The number of urea groups is 1. The standard InChI is InChI=1S/C23H33F2N7O3/c1-12(33)17-20(34)32-9-3-4-16-18(32)19(31(17)2)30-21(29-16)26-14-10-15(11-14)28-22(35)27-13-5-7-23(24,25)8-6-13/h12-15,17,33H,3-11H2,1-2H3,(H,26,29,30)(H2,27,28,35)/t12-,14?,15?,17+/m1/s1. The second-order valence-corrected chi connectivity index (χ2v) is 10.3. The number of aliphatic hydroxyl groups is 1. The molecule has 12 heteroatoms. The highest BCUT2D eigenvalue weighted by molar-refractivity contribution is 6.06. The van der Waals surface area contributed by atoms with Crippen LogP contribution in [0.4, 0.5) is 31.0 Å². The van der Waals surface area contributed by atoms with E-state index in [1.54, 1.807) is 23.8 Å². The van der Waals surface area contributed by atoms with Gasteiger partial charge in [0.25, 0.3) is 5.91 Å². The van der Waals surface area contributed by atoms with Crippen molar-refractivity contribution in [2.24, 2.45) is 0 Å². The average Bonchev–Trinajstić information content (AvgIpc) is 2.77. The zero-order valence-electron chi connectivity index (χ0n) is 20.1. The van der Waals surface area contributed by atoms with Crippen molar-refractivity contribution >= 4 is 29.4 Å². The van der Waals surface area contributed by atoms with Crippen LogP contribution in [0.5, 0.6) is 0 Å². The van der Waals surface area contributed by atoms with Crippen LogP contribution in [-0.4, -0.2) is 76.8 Å². The average molecular weight is 494 g/mol. The molecule has 0 aromatic carbocycles. The Morgan fingerprint density at radius 1 is 1.14 bits per heavy atom. The summed E-state index contributed by atoms with van der Waals surface area (Å²) in [5.41, 5.74) is 1.55. The summed E-state index contributed by atoms with van der Waals surface area (Å²) in [5, 5.41) is 19.3. The van der Waals surface area contributed by atoms with E-state index in [-0.39, 0.29) is 42.9 Å². The Kier molecular flexibility index (Phi) is 6.18. The van der Waals surface area contributed by atoms with Gasteiger partial charge in [0.05, 0.1) is 11.8 Å². The van der Waals surface area contributed by atoms with Crippen molar-refractivity contribution in [3.05, 3.63) is 5.69 Å². The topological polar surface area (TPSA) is 123 Å². The molecule has 0 saturated heterocycles. The maximum Gasteiger partial charge on any atom is 0.315 e. The van der Waals surface area contributed by atoms with Crippen LogP contribution in [-0.2, 0) is 11.2 Å². The molecule has 5 rings (SSSR count). The van der Waals surface area contributed by atoms with Crippen molar-refractivity contribution < 1.29 is 23.5 Å². The summed E-state index contributed by atoms with van der Waals surface area (Å²) in [6.07, 6.45) is 2.32. The molecule has 0 unspecified atom stereocenters. The number of amides is 3. The second kappa shape index (κ2) is 9.03. The maximum atomic E-state index is 13.3. The predicted molar refractivity (Wildman–Crippen MR) is 126 cm³/mol. The highest BCUT2D eigenvalue weighted by Gasteiger charge is 2.43. The van der Waals surface area contributed by atoms with E-state index in [0.29, 0.717) is 44.0 Å². The number of aliphatic hydroxyl groups excluding tert-OH is 1. The predicted octanol–water partition coefficient (Wildman–Crippen LogP) is 1.77. The van der Waals surface area contributed by atoms with Crippen LogP contribution in [0.1, 0.15) is 57.6 Å². The molecule has 2 atom stereocenters. The molecule has 2 fully saturated rings. The highest BCUT2D eigenvalue weighted by Crippen LogP contribution is 2.41. The van der Waals surface area contributed by atoms with Crippen molar-refractivity contribution in [1.82, 2.24) is 20.6 Å². The van der Waals surface area contributed by atoms with Gasteiger partial charge in [-0.1, -0.05) is 0 Å². The molecule has 0 radical (unpaired) electrons. The molecule has 3 heterocycles. The van der Waals surface area contributed by atoms with Gasteiger partial charge in [0.15, 0.2) is 5.82 Å². The van der Waals surface area contributed by atoms with E-state index in [2.05, 4.69) is 25.9 Å². The van der Waals surface area contributed by atoms with Crippen LogP contribution >= 0.6 is 0 Å². The monoisotopic (exact) mass is 493 g/mol. The largest absolute Gasteiger partial charge is 0.391 e. The minimum absolute atomic E-state index is 0.0103. The first kappa shape index (κ1) is 24.0. The number of halogens is 2. The molecule has 1 aromatic heterocycles. The number of hydrogen-bond donors (Lipinski definition) is 4. The minimum atomic E-state index is -2.61. The summed E-state index contributed by atoms with van der Waals surface area (Å²) in [5.74, 6) is -1.64. The summed E-state index contributed by atoms with van der Waals surface area (Å²) in [6, 6.07) is -1.14. The van der Waals surface area contributed by atoms with E-state index in [4.69, 9.17) is 0 Å². The molecule has 2 aliphatic heterocycles. The Hall–Kier alpha value is -2.76. The van der Waals surface area contributed by atoms with Crippen LogP contribution in [0.3, 0.4) is 0 Å². The van der Waals surface area contributed by atoms with Crippen LogP contribution in [0.2, 0.25) is 0 Å². The number of alkyl halides is 2. The third-order valence-corrected chi connectivity index (χ3v) is 7.59. The van der Waals surface area contributed by atoms with Gasteiger partial charge in [0, 0.05) is 44.6 Å². The number of nitrogens with zero attached hydrogens (tertiary/aromatic N) is 4. The van der Waals surface area contributed by atoms with E-state index >= 15 is 0 Å². The molecule has 192 valence electrons. The number of carbonyl (C=O) groups is 2. The normalized spacial score (nSPS) is 28.6. The minimum Gasteiger partial charge on any atom is -0.391 e. The number of carbonyl (C=O) groups excluding carboxylic acids is 2. The van der Waals surface area contributed by atoms with Crippen molar-refractivity contribution in [2.75, 3.05) is 28.7 Å². The van der Waals surface area contributed by atoms with Crippen molar-refractivity contribution in [3.8, 4) is 0 Å². The molecule has 4 N–H and O–H groups in total. The van der Waals surface area contributed by atoms with Gasteiger partial charge >= 0.3 is 6.03 Å². The third-order valence-electron chi connectivity index (χ3n) is 7.59. The number of likely N-dealkylation sites (N-methyl/N-ethyl adjacent to an activating group) is 1. The summed E-state index contributed by atoms with van der Waals surface area (Å²) in [4.78, 5) is 38.0. The number of rotatable bonds is 5. The molecular formula is C23H33F2N7O3. The molecule has 0 spiro atoms. The quantitative estimate of drug-likeness (QED) is 0.493. The lowest BCUT2D eigenvalue weighted by Crippen LogP contribution is -2.58. The van der Waals surface area contributed by atoms with Crippen LogP contribution < -0.4 is 25.8 Å². The van der Waals surface area contributed by atoms with E-state index in [1.165, 1.54) is 0 Å². The number of anilines is 3. The first-order valence-electron chi connectivity index (χ1n) is 12.5. The summed E-state index contributed by atoms with van der Waals surface area (Å²) < 4.78 is 26.6. The summed E-state index contributed by atoms with van der Waals surface area (Å²) in [6.45, 7) is 2.20. The van der Waals surface area contributed by atoms with Crippen LogP contribution in [0.25, 0.3) is 0 Å². The number of nitrogens with one attached hydrogen (secondary N) is 3. The van der Waals surface area contributed by atoms with Gasteiger partial charge in [-0.3, -0.25) is 4.79 Å². The smallest absolute Gasteiger partial charge is 0.315 e. The molecule has 4 aliphatic rings. The lowest BCUT2D eigenvalue weighted by molar-refractivity contribution is -0.122. The first-order chi connectivity index (χ1) is 16.6. The van der Waals surface area contributed by atoms with Gasteiger partial charge in [-0.2, -0.15) is 4.98 Å². The van der Waals surface area contributed by atoms with Gasteiger partial charge in [-0.25, -0.2) is 18.6 Å². The molecule has 35 heavy (non-hydrogen) atoms. The number of aromatic nitrogens is 2. The molecular weight excluding hydrogens is 460 g/mol. The Balaban J connectivity index is 1.18. The van der Waals surface area contributed by atoms with Crippen LogP contribution in [0, 0.1) is 0 Å². The molecule has 2 aliphatic carbocycles. The van der Waals surface area contributed by atoms with Gasteiger partial charge in [0.1, 0.15) is 11.7 Å². The van der Waals surface area contributed by atoms with Crippen molar-refractivity contribution in [2.45, 2.75) is 94.5 Å². The Bertz CT molecular complexity index is 992. The van der Waals surface area contributed by atoms with E-state index in [9.17, 15) is 23.5 Å². The molecule has 0 bridgehead atoms. The van der Waals surface area contributed by atoms with E-state index in [0.717, 1.165) is 24.2 Å². The zero-order chi connectivity index (χ0) is 24.9. The van der Waals surface area contributed by atoms with Crippen molar-refractivity contribution in [1.29, 1.82) is 0 Å². The lowest BCUT2D eigenvalue weighted by Gasteiger charge is -2.44. The Labute approximate surface area is 202 Å². The van der Waals surface area contributed by atoms with Gasteiger partial charge in [-0.15, -0.1) is 0 Å². The fourth-order valence-electron chi connectivity index (χ4n) is 5.61. The zero-order valence-corrected chi connectivity index (χ0v) is 20.1. The fourth-order valence-corrected chi connectivity index (χ4v) is 5.61. The third kappa shape index (κ3) is 4.72. The summed E-state index contributed by atoms with van der Waals surface area (Å²) >= 11 is 0. The van der Waals surface area contributed by atoms with E-state index in [1.807, 2.05) is 0 Å². The summed E-state index contributed by atoms with van der Waals surface area (Å²) in [7, 11) is 1.77. The van der Waals surface area contributed by atoms with Gasteiger partial charge < -0.3 is 30.9 Å². The SMILES string of the molecule is C[C@@H](O)[C@H]1C(=O)N2CCCc3nc(NC4CC(NC(=O)NC5CCC(F)(F)CC5)C4)nc(c32)N1C. The Morgan fingerprint density at radius 2 is 1.83 bits per heavy atom. The fraction of sp³-hybridized carbons (Fsp3) is 0.739.